The first kappa shape index (κ1) is 16.4. The number of para-hydroxylation sites is 2. The third kappa shape index (κ3) is 3.22. The van der Waals surface area contributed by atoms with Crippen molar-refractivity contribution >= 4 is 28.6 Å². The lowest BCUT2D eigenvalue weighted by atomic mass is 10.2. The molecular weight excluding hydrogens is 328 g/mol. The molecule has 1 N–H and O–H groups in total. The molecule has 2 aromatic heterocycles. The lowest BCUT2D eigenvalue weighted by Crippen LogP contribution is -2.45. The van der Waals surface area contributed by atoms with Crippen molar-refractivity contribution in [1.82, 2.24) is 9.97 Å². The summed E-state index contributed by atoms with van der Waals surface area (Å²) in [5.41, 5.74) is 2.17. The van der Waals surface area contributed by atoms with E-state index in [-0.39, 0.29) is 12.2 Å². The summed E-state index contributed by atoms with van der Waals surface area (Å²) in [5.74, 6) is 1.96. The second-order valence-electron chi connectivity index (χ2n) is 6.61. The number of H-pyrrole nitrogens is 1. The quantitative estimate of drug-likeness (QED) is 0.728. The first-order chi connectivity index (χ1) is 12.6. The Balaban J connectivity index is 1.61. The van der Waals surface area contributed by atoms with Gasteiger partial charge in [-0.3, -0.25) is 0 Å². The molecule has 0 saturated carbocycles. The Morgan fingerprint density at radius 2 is 2.00 bits per heavy atom. The van der Waals surface area contributed by atoms with Crippen LogP contribution in [0.3, 0.4) is 0 Å². The van der Waals surface area contributed by atoms with Crippen LogP contribution in [0.15, 0.2) is 40.8 Å². The minimum Gasteiger partial charge on any atom is -0.441 e. The van der Waals surface area contributed by atoms with Crippen molar-refractivity contribution in [3.8, 4) is 6.07 Å². The number of hydrogen-bond acceptors (Lipinski definition) is 5. The molecule has 132 valence electrons. The molecule has 2 unspecified atom stereocenters. The fourth-order valence-corrected chi connectivity index (χ4v) is 3.32. The normalized spacial score (nSPS) is 21.1. The molecule has 1 aromatic carbocycles. The molecule has 4 rings (SSSR count). The average molecular weight is 348 g/mol. The number of benzene rings is 1. The van der Waals surface area contributed by atoms with E-state index in [1.54, 1.807) is 6.08 Å². The largest absolute Gasteiger partial charge is 0.441 e. The SMILES string of the molecule is CC1CN(c2ccc(C=C(C#N)c3nc4ccccc4[nH]3)o2)CC(C)O1. The minimum absolute atomic E-state index is 0.160. The van der Waals surface area contributed by atoms with Crippen LogP contribution in [0, 0.1) is 11.3 Å². The van der Waals surface area contributed by atoms with Crippen LogP contribution in [0.1, 0.15) is 25.4 Å². The third-order valence-corrected chi connectivity index (χ3v) is 4.40. The van der Waals surface area contributed by atoms with Gasteiger partial charge in [-0.05, 0) is 32.0 Å². The van der Waals surface area contributed by atoms with Crippen molar-refractivity contribution in [2.75, 3.05) is 18.0 Å². The summed E-state index contributed by atoms with van der Waals surface area (Å²) in [6, 6.07) is 13.7. The number of furan rings is 1. The highest BCUT2D eigenvalue weighted by molar-refractivity contribution is 5.89. The van der Waals surface area contributed by atoms with E-state index in [0.717, 1.165) is 30.0 Å². The van der Waals surface area contributed by atoms with E-state index in [9.17, 15) is 5.26 Å². The highest BCUT2D eigenvalue weighted by Crippen LogP contribution is 2.26. The lowest BCUT2D eigenvalue weighted by Gasteiger charge is -2.35. The van der Waals surface area contributed by atoms with Crippen LogP contribution in [0.5, 0.6) is 0 Å². The molecule has 26 heavy (non-hydrogen) atoms. The number of morpholine rings is 1. The van der Waals surface area contributed by atoms with Crippen molar-refractivity contribution in [2.24, 2.45) is 0 Å². The Labute approximate surface area is 151 Å². The molecule has 0 aliphatic carbocycles. The Kier molecular flexibility index (Phi) is 4.23. The molecule has 0 amide bonds. The molecular formula is C20H20N4O2. The van der Waals surface area contributed by atoms with Gasteiger partial charge < -0.3 is 19.0 Å². The molecule has 6 nitrogen and oxygen atoms in total. The summed E-state index contributed by atoms with van der Waals surface area (Å²) in [6.07, 6.45) is 2.04. The Morgan fingerprint density at radius 1 is 1.23 bits per heavy atom. The Bertz CT molecular complexity index is 952. The standard InChI is InChI=1S/C20H20N4O2/c1-13-11-24(12-14(2)25-13)19-8-7-16(26-19)9-15(10-21)20-22-17-5-3-4-6-18(17)23-20/h3-9,13-14H,11-12H2,1-2H3,(H,22,23). The molecule has 1 aliphatic heterocycles. The number of imidazole rings is 1. The first-order valence-electron chi connectivity index (χ1n) is 8.69. The number of nitrogens with zero attached hydrogens (tertiary/aromatic N) is 3. The van der Waals surface area contributed by atoms with E-state index in [2.05, 4.69) is 34.8 Å². The number of anilines is 1. The van der Waals surface area contributed by atoms with Crippen LogP contribution in [-0.2, 0) is 4.74 Å². The molecule has 0 radical (unpaired) electrons. The fraction of sp³-hybridized carbons (Fsp3) is 0.300. The van der Waals surface area contributed by atoms with Gasteiger partial charge in [0.15, 0.2) is 5.88 Å². The van der Waals surface area contributed by atoms with Crippen molar-refractivity contribution in [3.63, 3.8) is 0 Å². The topological polar surface area (TPSA) is 78.1 Å². The van der Waals surface area contributed by atoms with E-state index in [4.69, 9.17) is 9.15 Å². The van der Waals surface area contributed by atoms with E-state index < -0.39 is 0 Å². The molecule has 2 atom stereocenters. The van der Waals surface area contributed by atoms with E-state index >= 15 is 0 Å². The predicted octanol–water partition coefficient (Wildman–Crippen LogP) is 3.83. The number of ether oxygens (including phenoxy) is 1. The summed E-state index contributed by atoms with van der Waals surface area (Å²) in [7, 11) is 0. The number of nitrogens with one attached hydrogen (secondary N) is 1. The van der Waals surface area contributed by atoms with Gasteiger partial charge in [-0.15, -0.1) is 0 Å². The highest BCUT2D eigenvalue weighted by Gasteiger charge is 2.24. The predicted molar refractivity (Wildman–Crippen MR) is 101 cm³/mol. The molecule has 1 fully saturated rings. The molecule has 1 saturated heterocycles. The second-order valence-corrected chi connectivity index (χ2v) is 6.61. The zero-order valence-corrected chi connectivity index (χ0v) is 14.8. The summed E-state index contributed by atoms with van der Waals surface area (Å²) >= 11 is 0. The van der Waals surface area contributed by atoms with Crippen molar-refractivity contribution in [3.05, 3.63) is 48.0 Å². The van der Waals surface area contributed by atoms with Crippen molar-refractivity contribution in [1.29, 1.82) is 5.26 Å². The van der Waals surface area contributed by atoms with Crippen LogP contribution in [-0.4, -0.2) is 35.3 Å². The average Bonchev–Trinajstić information content (AvgIpc) is 3.25. The van der Waals surface area contributed by atoms with Crippen LogP contribution < -0.4 is 4.90 Å². The van der Waals surface area contributed by atoms with Gasteiger partial charge >= 0.3 is 0 Å². The lowest BCUT2D eigenvalue weighted by molar-refractivity contribution is -0.00641. The molecule has 6 heteroatoms. The number of aromatic amines is 1. The zero-order valence-electron chi connectivity index (χ0n) is 14.8. The van der Waals surface area contributed by atoms with Gasteiger partial charge in [0, 0.05) is 25.2 Å². The molecule has 3 heterocycles. The van der Waals surface area contributed by atoms with Gasteiger partial charge in [-0.1, -0.05) is 12.1 Å². The summed E-state index contributed by atoms with van der Waals surface area (Å²) < 4.78 is 11.7. The number of hydrogen-bond donors (Lipinski definition) is 1. The fourth-order valence-electron chi connectivity index (χ4n) is 3.32. The van der Waals surface area contributed by atoms with Crippen LogP contribution >= 0.6 is 0 Å². The van der Waals surface area contributed by atoms with Gasteiger partial charge in [-0.2, -0.15) is 5.26 Å². The zero-order chi connectivity index (χ0) is 18.1. The summed E-state index contributed by atoms with van der Waals surface area (Å²) in [6.45, 7) is 5.69. The molecule has 0 bridgehead atoms. The summed E-state index contributed by atoms with van der Waals surface area (Å²) in [4.78, 5) is 9.83. The van der Waals surface area contributed by atoms with Crippen molar-refractivity contribution in [2.45, 2.75) is 26.1 Å². The third-order valence-electron chi connectivity index (χ3n) is 4.40. The highest BCUT2D eigenvalue weighted by atomic mass is 16.5. The van der Waals surface area contributed by atoms with Gasteiger partial charge in [0.2, 0.25) is 0 Å². The van der Waals surface area contributed by atoms with Gasteiger partial charge in [-0.25, -0.2) is 4.98 Å². The molecule has 1 aliphatic rings. The number of allylic oxidation sites excluding steroid dienone is 1. The minimum atomic E-state index is 0.160. The summed E-state index contributed by atoms with van der Waals surface area (Å²) in [5, 5.41) is 9.54. The maximum absolute atomic E-state index is 9.54. The van der Waals surface area contributed by atoms with Crippen molar-refractivity contribution < 1.29 is 9.15 Å². The van der Waals surface area contributed by atoms with Crippen LogP contribution in [0.2, 0.25) is 0 Å². The molecule has 0 spiro atoms. The van der Waals surface area contributed by atoms with Gasteiger partial charge in [0.1, 0.15) is 17.7 Å². The van der Waals surface area contributed by atoms with E-state index in [1.165, 1.54) is 0 Å². The first-order valence-corrected chi connectivity index (χ1v) is 8.69. The van der Waals surface area contributed by atoms with Crippen LogP contribution in [0.4, 0.5) is 5.88 Å². The Hall–Kier alpha value is -3.04. The molecule has 3 aromatic rings. The van der Waals surface area contributed by atoms with E-state index in [1.807, 2.05) is 36.4 Å². The van der Waals surface area contributed by atoms with Gasteiger partial charge in [0.25, 0.3) is 0 Å². The maximum Gasteiger partial charge on any atom is 0.196 e. The second kappa shape index (κ2) is 6.70. The van der Waals surface area contributed by atoms with Crippen LogP contribution in [0.25, 0.3) is 22.7 Å². The smallest absolute Gasteiger partial charge is 0.196 e. The number of fused-ring (bicyclic) bond motifs is 1. The Morgan fingerprint density at radius 3 is 2.73 bits per heavy atom. The number of nitriles is 1. The number of aromatic nitrogens is 2. The van der Waals surface area contributed by atoms with E-state index in [0.29, 0.717) is 17.2 Å². The maximum atomic E-state index is 9.54. The van der Waals surface area contributed by atoms with Gasteiger partial charge in [0.05, 0.1) is 28.8 Å². The monoisotopic (exact) mass is 348 g/mol. The number of rotatable bonds is 3.